The summed E-state index contributed by atoms with van der Waals surface area (Å²) >= 11 is 0. The first kappa shape index (κ1) is 19.2. The van der Waals surface area contributed by atoms with Crippen molar-refractivity contribution >= 4 is 23.1 Å². The number of nitrogens with zero attached hydrogens (tertiary/aromatic N) is 2. The fraction of sp³-hybridized carbons (Fsp3) is 0.182. The summed E-state index contributed by atoms with van der Waals surface area (Å²) < 4.78 is 10.5. The van der Waals surface area contributed by atoms with Gasteiger partial charge in [0.25, 0.3) is 5.91 Å². The Morgan fingerprint density at radius 3 is 2.43 bits per heavy atom. The molecule has 3 aromatic rings. The molecule has 144 valence electrons. The van der Waals surface area contributed by atoms with Gasteiger partial charge in [-0.15, -0.1) is 0 Å². The number of rotatable bonds is 7. The van der Waals surface area contributed by atoms with Crippen LogP contribution in [0.15, 0.2) is 66.9 Å². The van der Waals surface area contributed by atoms with Crippen LogP contribution in [-0.4, -0.2) is 31.7 Å². The lowest BCUT2D eigenvalue weighted by Gasteiger charge is -2.22. The lowest BCUT2D eigenvalue weighted by atomic mass is 10.2. The molecule has 6 heteroatoms. The van der Waals surface area contributed by atoms with Crippen molar-refractivity contribution in [3.8, 4) is 11.5 Å². The molecular formula is C22H23N3O3. The predicted octanol–water partition coefficient (Wildman–Crippen LogP) is 4.51. The van der Waals surface area contributed by atoms with Crippen molar-refractivity contribution in [1.82, 2.24) is 4.98 Å². The van der Waals surface area contributed by atoms with Crippen LogP contribution < -0.4 is 19.7 Å². The van der Waals surface area contributed by atoms with E-state index in [2.05, 4.69) is 22.1 Å². The zero-order valence-corrected chi connectivity index (χ0v) is 16.2. The Morgan fingerprint density at radius 2 is 1.82 bits per heavy atom. The number of nitrogens with one attached hydrogen (secondary N) is 1. The van der Waals surface area contributed by atoms with Crippen LogP contribution in [-0.2, 0) is 0 Å². The van der Waals surface area contributed by atoms with E-state index in [9.17, 15) is 4.79 Å². The van der Waals surface area contributed by atoms with Crippen molar-refractivity contribution < 1.29 is 14.3 Å². The molecule has 1 aromatic heterocycles. The van der Waals surface area contributed by atoms with Gasteiger partial charge in [-0.1, -0.05) is 18.2 Å². The van der Waals surface area contributed by atoms with E-state index in [4.69, 9.17) is 9.47 Å². The van der Waals surface area contributed by atoms with Crippen LogP contribution in [0.3, 0.4) is 0 Å². The van der Waals surface area contributed by atoms with E-state index in [1.54, 1.807) is 44.7 Å². The number of carbonyl (C=O) groups is 1. The summed E-state index contributed by atoms with van der Waals surface area (Å²) in [5.41, 5.74) is 2.05. The van der Waals surface area contributed by atoms with Crippen molar-refractivity contribution in [3.63, 3.8) is 0 Å². The maximum absolute atomic E-state index is 12.6. The van der Waals surface area contributed by atoms with Gasteiger partial charge in [-0.05, 0) is 43.3 Å². The zero-order valence-electron chi connectivity index (χ0n) is 16.2. The van der Waals surface area contributed by atoms with Crippen molar-refractivity contribution in [3.05, 3.63) is 72.4 Å². The molecule has 0 atom stereocenters. The Bertz CT molecular complexity index is 928. The van der Waals surface area contributed by atoms with Crippen LogP contribution in [0.25, 0.3) is 0 Å². The van der Waals surface area contributed by atoms with Crippen molar-refractivity contribution in [2.24, 2.45) is 0 Å². The van der Waals surface area contributed by atoms with Crippen molar-refractivity contribution in [2.75, 3.05) is 31.0 Å². The summed E-state index contributed by atoms with van der Waals surface area (Å²) in [7, 11) is 3.12. The van der Waals surface area contributed by atoms with Gasteiger partial charge in [-0.25, -0.2) is 4.98 Å². The standard InChI is InChI=1S/C22H23N3O3/c1-4-25(17-8-6-5-7-9-17)21-13-10-16(15-23-21)22(26)24-19-14-18(27-2)11-12-20(19)28-3/h5-15H,4H2,1-3H3,(H,24,26). The summed E-state index contributed by atoms with van der Waals surface area (Å²) in [6, 6.07) is 18.8. The van der Waals surface area contributed by atoms with Crippen LogP contribution >= 0.6 is 0 Å². The van der Waals surface area contributed by atoms with Crippen molar-refractivity contribution in [2.45, 2.75) is 6.92 Å². The molecule has 1 heterocycles. The molecule has 0 unspecified atom stereocenters. The number of pyridine rings is 1. The first-order valence-electron chi connectivity index (χ1n) is 8.98. The average Bonchev–Trinajstić information content (AvgIpc) is 2.75. The second-order valence-electron chi connectivity index (χ2n) is 6.01. The van der Waals surface area contributed by atoms with E-state index in [0.717, 1.165) is 18.1 Å². The van der Waals surface area contributed by atoms with Gasteiger partial charge in [0.05, 0.1) is 25.5 Å². The minimum Gasteiger partial charge on any atom is -0.497 e. The van der Waals surface area contributed by atoms with Gasteiger partial charge in [0.1, 0.15) is 17.3 Å². The molecule has 0 aliphatic heterocycles. The van der Waals surface area contributed by atoms with Crippen LogP contribution in [0.1, 0.15) is 17.3 Å². The first-order chi connectivity index (χ1) is 13.7. The molecule has 0 saturated heterocycles. The number of amides is 1. The molecule has 0 aliphatic carbocycles. The number of hydrogen-bond acceptors (Lipinski definition) is 5. The highest BCUT2D eigenvalue weighted by molar-refractivity contribution is 6.05. The molecule has 0 saturated carbocycles. The number of aromatic nitrogens is 1. The third kappa shape index (κ3) is 4.23. The quantitative estimate of drug-likeness (QED) is 0.656. The summed E-state index contributed by atoms with van der Waals surface area (Å²) in [4.78, 5) is 19.2. The third-order valence-corrected chi connectivity index (χ3v) is 4.33. The van der Waals surface area contributed by atoms with Crippen LogP contribution in [0.5, 0.6) is 11.5 Å². The molecule has 2 aromatic carbocycles. The molecule has 28 heavy (non-hydrogen) atoms. The number of para-hydroxylation sites is 1. The minimum atomic E-state index is -0.270. The predicted molar refractivity (Wildman–Crippen MR) is 111 cm³/mol. The van der Waals surface area contributed by atoms with Gasteiger partial charge in [-0.2, -0.15) is 0 Å². The highest BCUT2D eigenvalue weighted by atomic mass is 16.5. The molecule has 0 fully saturated rings. The molecule has 0 radical (unpaired) electrons. The van der Waals surface area contributed by atoms with Gasteiger partial charge in [0.15, 0.2) is 0 Å². The second kappa shape index (κ2) is 8.90. The Morgan fingerprint density at radius 1 is 1.04 bits per heavy atom. The smallest absolute Gasteiger partial charge is 0.257 e. The largest absolute Gasteiger partial charge is 0.497 e. The number of hydrogen-bond donors (Lipinski definition) is 1. The lowest BCUT2D eigenvalue weighted by molar-refractivity contribution is 0.102. The fourth-order valence-electron chi connectivity index (χ4n) is 2.87. The molecule has 6 nitrogen and oxygen atoms in total. The van der Waals surface area contributed by atoms with E-state index in [-0.39, 0.29) is 5.91 Å². The Labute approximate surface area is 164 Å². The number of carbonyl (C=O) groups excluding carboxylic acids is 1. The first-order valence-corrected chi connectivity index (χ1v) is 8.98. The number of methoxy groups -OCH3 is 2. The SMILES string of the molecule is CCN(c1ccccc1)c1ccc(C(=O)Nc2cc(OC)ccc2OC)cn1. The van der Waals surface area contributed by atoms with Crippen molar-refractivity contribution in [1.29, 1.82) is 0 Å². The maximum atomic E-state index is 12.6. The normalized spacial score (nSPS) is 10.2. The number of ether oxygens (including phenoxy) is 2. The average molecular weight is 377 g/mol. The van der Waals surface area contributed by atoms with Gasteiger partial charge in [-0.3, -0.25) is 4.79 Å². The van der Waals surface area contributed by atoms with E-state index in [1.165, 1.54) is 0 Å². The summed E-state index contributed by atoms with van der Waals surface area (Å²) in [6.07, 6.45) is 1.57. The van der Waals surface area contributed by atoms with E-state index >= 15 is 0 Å². The van der Waals surface area contributed by atoms with Crippen LogP contribution in [0, 0.1) is 0 Å². The number of benzene rings is 2. The second-order valence-corrected chi connectivity index (χ2v) is 6.01. The van der Waals surface area contributed by atoms with Gasteiger partial charge >= 0.3 is 0 Å². The topological polar surface area (TPSA) is 63.7 Å². The molecule has 3 rings (SSSR count). The third-order valence-electron chi connectivity index (χ3n) is 4.33. The summed E-state index contributed by atoms with van der Waals surface area (Å²) in [5.74, 6) is 1.70. The monoisotopic (exact) mass is 377 g/mol. The highest BCUT2D eigenvalue weighted by Crippen LogP contribution is 2.29. The van der Waals surface area contributed by atoms with E-state index in [0.29, 0.717) is 22.7 Å². The van der Waals surface area contributed by atoms with Gasteiger partial charge in [0, 0.05) is 24.5 Å². The summed E-state index contributed by atoms with van der Waals surface area (Å²) in [5, 5.41) is 2.85. The Kier molecular flexibility index (Phi) is 6.11. The molecule has 0 bridgehead atoms. The molecule has 1 amide bonds. The van der Waals surface area contributed by atoms with Crippen LogP contribution in [0.2, 0.25) is 0 Å². The molecule has 1 N–H and O–H groups in total. The minimum absolute atomic E-state index is 0.270. The van der Waals surface area contributed by atoms with E-state index < -0.39 is 0 Å². The summed E-state index contributed by atoms with van der Waals surface area (Å²) in [6.45, 7) is 2.83. The molecule has 0 aliphatic rings. The van der Waals surface area contributed by atoms with E-state index in [1.807, 2.05) is 36.4 Å². The number of anilines is 3. The Hall–Kier alpha value is -3.54. The lowest BCUT2D eigenvalue weighted by Crippen LogP contribution is -2.18. The Balaban J connectivity index is 1.79. The highest BCUT2D eigenvalue weighted by Gasteiger charge is 2.13. The zero-order chi connectivity index (χ0) is 19.9. The van der Waals surface area contributed by atoms with Gasteiger partial charge in [0.2, 0.25) is 0 Å². The van der Waals surface area contributed by atoms with Crippen LogP contribution in [0.4, 0.5) is 17.2 Å². The molecule has 0 spiro atoms. The maximum Gasteiger partial charge on any atom is 0.257 e. The fourth-order valence-corrected chi connectivity index (χ4v) is 2.87. The molecular weight excluding hydrogens is 354 g/mol. The van der Waals surface area contributed by atoms with Gasteiger partial charge < -0.3 is 19.7 Å².